The number of hydrogen-bond acceptors (Lipinski definition) is 5. The van der Waals surface area contributed by atoms with Crippen molar-refractivity contribution in [1.29, 1.82) is 0 Å². The van der Waals surface area contributed by atoms with E-state index < -0.39 is 0 Å². The van der Waals surface area contributed by atoms with Crippen molar-refractivity contribution in [3.63, 3.8) is 0 Å². The van der Waals surface area contributed by atoms with Crippen molar-refractivity contribution < 1.29 is 23.7 Å². The second-order valence-corrected chi connectivity index (χ2v) is 10.8. The molecule has 1 aliphatic carbocycles. The lowest BCUT2D eigenvalue weighted by molar-refractivity contribution is -0.180. The van der Waals surface area contributed by atoms with Crippen LogP contribution < -0.4 is 9.47 Å². The highest BCUT2D eigenvalue weighted by atomic mass is 16.5. The summed E-state index contributed by atoms with van der Waals surface area (Å²) in [6.45, 7) is 7.60. The molecule has 1 heterocycles. The van der Waals surface area contributed by atoms with Crippen molar-refractivity contribution in [2.24, 2.45) is 11.8 Å². The highest BCUT2D eigenvalue weighted by Gasteiger charge is 2.44. The van der Waals surface area contributed by atoms with Gasteiger partial charge in [-0.05, 0) is 68.7 Å². The summed E-state index contributed by atoms with van der Waals surface area (Å²) >= 11 is 0. The second kappa shape index (κ2) is 12.2. The van der Waals surface area contributed by atoms with E-state index in [1.807, 2.05) is 24.3 Å². The maximum Gasteiger partial charge on any atom is 0.166 e. The molecule has 0 N–H and O–H groups in total. The van der Waals surface area contributed by atoms with Crippen LogP contribution in [0.3, 0.4) is 0 Å². The number of Topliss-reactive ketones (excluding diaryl/α,β-unsaturated/α-hetero) is 1. The average Bonchev–Trinajstić information content (AvgIpc) is 3.09. The molecule has 0 aromatic heterocycles. The molecule has 2 fully saturated rings. The van der Waals surface area contributed by atoms with E-state index >= 15 is 0 Å². The summed E-state index contributed by atoms with van der Waals surface area (Å²) in [6, 6.07) is 16.1. The maximum absolute atomic E-state index is 13.6. The van der Waals surface area contributed by atoms with Gasteiger partial charge in [0.1, 0.15) is 0 Å². The molecule has 2 aromatic carbocycles. The van der Waals surface area contributed by atoms with E-state index in [1.54, 1.807) is 7.11 Å². The van der Waals surface area contributed by atoms with Gasteiger partial charge in [-0.1, -0.05) is 44.2 Å². The smallest absolute Gasteiger partial charge is 0.166 e. The van der Waals surface area contributed by atoms with Crippen LogP contribution in [0.1, 0.15) is 87.7 Å². The fourth-order valence-corrected chi connectivity index (χ4v) is 5.76. The Bertz CT molecular complexity index is 988. The zero-order valence-corrected chi connectivity index (χ0v) is 22.3. The molecule has 2 aromatic rings. The van der Waals surface area contributed by atoms with Crippen molar-refractivity contribution >= 4 is 5.78 Å². The first-order chi connectivity index (χ1) is 17.4. The molecule has 5 heteroatoms. The monoisotopic (exact) mass is 494 g/mol. The summed E-state index contributed by atoms with van der Waals surface area (Å²) < 4.78 is 24.4. The summed E-state index contributed by atoms with van der Waals surface area (Å²) in [5.74, 6) is 1.90. The molecule has 0 radical (unpaired) electrons. The Balaban J connectivity index is 1.47. The van der Waals surface area contributed by atoms with Gasteiger partial charge >= 0.3 is 0 Å². The minimum atomic E-state index is -0.236. The zero-order chi connectivity index (χ0) is 25.5. The molecule has 1 aliphatic heterocycles. The van der Waals surface area contributed by atoms with E-state index in [9.17, 15) is 4.79 Å². The summed E-state index contributed by atoms with van der Waals surface area (Å²) in [5.41, 5.74) is 1.67. The molecule has 2 aliphatic rings. The lowest BCUT2D eigenvalue weighted by atomic mass is 9.81. The second-order valence-electron chi connectivity index (χ2n) is 10.8. The molecule has 196 valence electrons. The lowest BCUT2D eigenvalue weighted by Gasteiger charge is -2.44. The van der Waals surface area contributed by atoms with Crippen LogP contribution in [0.5, 0.6) is 11.5 Å². The van der Waals surface area contributed by atoms with Crippen molar-refractivity contribution in [2.45, 2.75) is 83.5 Å². The number of benzene rings is 2. The first-order valence-electron chi connectivity index (χ1n) is 13.6. The van der Waals surface area contributed by atoms with Crippen LogP contribution in [0.15, 0.2) is 48.5 Å². The Kier molecular flexibility index (Phi) is 9.08. The molecule has 1 saturated heterocycles. The van der Waals surface area contributed by atoms with Gasteiger partial charge in [-0.25, -0.2) is 0 Å². The van der Waals surface area contributed by atoms with Gasteiger partial charge in [0, 0.05) is 30.9 Å². The number of hydrogen-bond donors (Lipinski definition) is 0. The molecule has 0 amide bonds. The highest BCUT2D eigenvalue weighted by molar-refractivity contribution is 5.98. The Hall–Kier alpha value is -2.37. The first-order valence-corrected chi connectivity index (χ1v) is 13.6. The zero-order valence-electron chi connectivity index (χ0n) is 22.3. The molecular formula is C31H42O5. The number of carbonyl (C=O) groups excluding carboxylic acids is 1. The van der Waals surface area contributed by atoms with Crippen molar-refractivity contribution in [3.8, 4) is 11.5 Å². The minimum absolute atomic E-state index is 0.0113. The van der Waals surface area contributed by atoms with Gasteiger partial charge in [-0.15, -0.1) is 0 Å². The van der Waals surface area contributed by atoms with Crippen molar-refractivity contribution in [3.05, 3.63) is 59.7 Å². The van der Waals surface area contributed by atoms with Gasteiger partial charge in [0.15, 0.2) is 17.3 Å². The van der Waals surface area contributed by atoms with Crippen LogP contribution in [0.4, 0.5) is 0 Å². The Morgan fingerprint density at radius 1 is 1.08 bits per heavy atom. The van der Waals surface area contributed by atoms with Crippen LogP contribution in [0, 0.1) is 11.8 Å². The molecule has 36 heavy (non-hydrogen) atoms. The van der Waals surface area contributed by atoms with E-state index in [2.05, 4.69) is 45.0 Å². The van der Waals surface area contributed by atoms with Gasteiger partial charge in [0.2, 0.25) is 0 Å². The quantitative estimate of drug-likeness (QED) is 0.345. The largest absolute Gasteiger partial charge is 0.493 e. The third-order valence-electron chi connectivity index (χ3n) is 7.57. The van der Waals surface area contributed by atoms with E-state index in [1.165, 1.54) is 5.56 Å². The Morgan fingerprint density at radius 2 is 1.89 bits per heavy atom. The predicted octanol–water partition coefficient (Wildman–Crippen LogP) is 7.19. The molecular weight excluding hydrogens is 452 g/mol. The summed E-state index contributed by atoms with van der Waals surface area (Å²) in [6.07, 6.45) is 6.53. The summed E-state index contributed by atoms with van der Waals surface area (Å²) in [7, 11) is 1.62. The van der Waals surface area contributed by atoms with E-state index in [0.717, 1.165) is 44.9 Å². The Morgan fingerprint density at radius 3 is 2.61 bits per heavy atom. The molecule has 5 nitrogen and oxygen atoms in total. The number of ketones is 1. The molecule has 4 rings (SSSR count). The number of rotatable bonds is 9. The topological polar surface area (TPSA) is 54.0 Å². The van der Waals surface area contributed by atoms with Crippen molar-refractivity contribution in [2.75, 3.05) is 20.3 Å². The van der Waals surface area contributed by atoms with Gasteiger partial charge in [-0.2, -0.15) is 0 Å². The standard InChI is InChI=1S/C31H42O5/c1-5-34-26-19-28(23-10-7-6-8-11-23)36-31(20-26)16-9-12-24(15-17-31)30(32)25-13-14-27(29(18-25)33-4)35-21-22(2)3/h6-8,10-11,13-14,18,22,24,26,28H,5,9,12,15-17,19-21H2,1-4H3. The highest BCUT2D eigenvalue weighted by Crippen LogP contribution is 2.46. The number of methoxy groups -OCH3 is 1. The van der Waals surface area contributed by atoms with Gasteiger partial charge in [0.05, 0.1) is 31.5 Å². The molecule has 0 bridgehead atoms. The summed E-state index contributed by atoms with van der Waals surface area (Å²) in [4.78, 5) is 13.6. The van der Waals surface area contributed by atoms with E-state index in [4.69, 9.17) is 18.9 Å². The average molecular weight is 495 g/mol. The third kappa shape index (κ3) is 6.49. The maximum atomic E-state index is 13.6. The van der Waals surface area contributed by atoms with Crippen LogP contribution in [0.25, 0.3) is 0 Å². The third-order valence-corrected chi connectivity index (χ3v) is 7.57. The fraction of sp³-hybridized carbons (Fsp3) is 0.581. The molecule has 4 unspecified atom stereocenters. The van der Waals surface area contributed by atoms with Crippen LogP contribution >= 0.6 is 0 Å². The van der Waals surface area contributed by atoms with Crippen LogP contribution in [-0.2, 0) is 9.47 Å². The molecule has 1 spiro atoms. The first kappa shape index (κ1) is 26.7. The molecule has 1 saturated carbocycles. The van der Waals surface area contributed by atoms with Crippen molar-refractivity contribution in [1.82, 2.24) is 0 Å². The predicted molar refractivity (Wildman–Crippen MR) is 142 cm³/mol. The van der Waals surface area contributed by atoms with Crippen LogP contribution in [-0.4, -0.2) is 37.8 Å². The number of ether oxygens (including phenoxy) is 4. The van der Waals surface area contributed by atoms with Gasteiger partial charge in [0.25, 0.3) is 0 Å². The SMILES string of the molecule is CCOC1CC(c2ccccc2)OC2(CCCC(C(=O)c3ccc(OCC(C)C)c(OC)c3)CC2)C1. The van der Waals surface area contributed by atoms with Gasteiger partial charge in [-0.3, -0.25) is 4.79 Å². The van der Waals surface area contributed by atoms with E-state index in [-0.39, 0.29) is 29.5 Å². The van der Waals surface area contributed by atoms with Gasteiger partial charge < -0.3 is 18.9 Å². The Labute approximate surface area is 216 Å². The molecule has 4 atom stereocenters. The summed E-state index contributed by atoms with van der Waals surface area (Å²) in [5, 5.41) is 0. The minimum Gasteiger partial charge on any atom is -0.493 e. The number of carbonyl (C=O) groups is 1. The normalized spacial score (nSPS) is 26.5. The fourth-order valence-electron chi connectivity index (χ4n) is 5.76. The lowest BCUT2D eigenvalue weighted by Crippen LogP contribution is -2.44. The van der Waals surface area contributed by atoms with Crippen LogP contribution in [0.2, 0.25) is 0 Å². The van der Waals surface area contributed by atoms with E-state index in [0.29, 0.717) is 36.2 Å².